The molecule has 29 heavy (non-hydrogen) atoms. The third kappa shape index (κ3) is 10.1. The number of hydrogen-bond donors (Lipinski definition) is 0. The number of Topliss-reactive ketones (excluding diaryl/α,β-unsaturated/α-hetero) is 4. The van der Waals surface area contributed by atoms with Crippen molar-refractivity contribution >= 4 is 56.2 Å². The van der Waals surface area contributed by atoms with Crippen molar-refractivity contribution in [2.75, 3.05) is 0 Å². The average molecular weight is 428 g/mol. The first kappa shape index (κ1) is 26.6. The Kier molecular flexibility index (Phi) is 11.9. The Morgan fingerprint density at radius 2 is 1.10 bits per heavy atom. The predicted molar refractivity (Wildman–Crippen MR) is 97.9 cm³/mol. The van der Waals surface area contributed by atoms with Gasteiger partial charge in [-0.05, 0) is 33.6 Å². The molecule has 0 fully saturated rings. The van der Waals surface area contributed by atoms with Crippen molar-refractivity contribution in [1.82, 2.24) is 0 Å². The molecule has 0 spiro atoms. The molecule has 0 aliphatic carbocycles. The van der Waals surface area contributed by atoms with E-state index in [1.807, 2.05) is 0 Å². The fraction of sp³-hybridized carbons (Fsp3) is 0.611. The average Bonchev–Trinajstić information content (AvgIpc) is 2.53. The van der Waals surface area contributed by atoms with Gasteiger partial charge in [-0.1, -0.05) is 13.8 Å². The maximum absolute atomic E-state index is 12.2. The Hall–Kier alpha value is -2.38. The fourth-order valence-electron chi connectivity index (χ4n) is 2.32. The van der Waals surface area contributed by atoms with Gasteiger partial charge in [-0.15, -0.1) is 0 Å². The molecule has 10 nitrogen and oxygen atoms in total. The highest BCUT2D eigenvalue weighted by atomic mass is 27.3. The number of hydrogen-bond acceptors (Lipinski definition) is 10. The standard InChI is InChI=1S/C6H8O4.2C6H10O3.Al/c1-4(7)2-5(8)3-6(9)10;2*1-3-5(4(2)7)6(8)9;/h2-3H2,1H3,(H,9,10);2*5H,3H2,1-2H3,(H,8,9);/q;;;+3/p-3. The molecule has 2 atom stereocenters. The molecule has 0 saturated carbocycles. The van der Waals surface area contributed by atoms with Crippen LogP contribution in [0.25, 0.3) is 0 Å². The first-order valence-corrected chi connectivity index (χ1v) is 10.5. The van der Waals surface area contributed by atoms with Gasteiger partial charge in [0.2, 0.25) is 0 Å². The van der Waals surface area contributed by atoms with E-state index in [0.717, 1.165) is 0 Å². The second-order valence-corrected chi connectivity index (χ2v) is 7.67. The van der Waals surface area contributed by atoms with Crippen LogP contribution < -0.4 is 0 Å². The highest BCUT2D eigenvalue weighted by molar-refractivity contribution is 6.45. The molecule has 11 heteroatoms. The van der Waals surface area contributed by atoms with Crippen molar-refractivity contribution in [2.45, 2.75) is 60.3 Å². The topological polar surface area (TPSA) is 147 Å². The van der Waals surface area contributed by atoms with Crippen molar-refractivity contribution < 1.29 is 44.9 Å². The van der Waals surface area contributed by atoms with E-state index in [1.54, 1.807) is 13.8 Å². The number of rotatable bonds is 13. The summed E-state index contributed by atoms with van der Waals surface area (Å²) in [5.41, 5.74) is 0. The van der Waals surface area contributed by atoms with Crippen molar-refractivity contribution in [3.63, 3.8) is 0 Å². The summed E-state index contributed by atoms with van der Waals surface area (Å²) in [4.78, 5) is 81.8. The summed E-state index contributed by atoms with van der Waals surface area (Å²) < 4.78 is 14.7. The van der Waals surface area contributed by atoms with Crippen molar-refractivity contribution in [3.8, 4) is 0 Å². The summed E-state index contributed by atoms with van der Waals surface area (Å²) >= 11 is -3.81. The van der Waals surface area contributed by atoms with Gasteiger partial charge in [0.25, 0.3) is 17.9 Å². The molecule has 0 N–H and O–H groups in total. The Morgan fingerprint density at radius 3 is 1.41 bits per heavy atom. The van der Waals surface area contributed by atoms with E-state index < -0.39 is 80.9 Å². The van der Waals surface area contributed by atoms with E-state index in [-0.39, 0.29) is 12.8 Å². The summed E-state index contributed by atoms with van der Waals surface area (Å²) in [7, 11) is 0. The molecule has 2 unspecified atom stereocenters. The van der Waals surface area contributed by atoms with Crippen LogP contribution in [-0.2, 0) is 44.9 Å². The lowest BCUT2D eigenvalue weighted by Crippen LogP contribution is -2.40. The van der Waals surface area contributed by atoms with Gasteiger partial charge in [-0.2, -0.15) is 0 Å². The van der Waals surface area contributed by atoms with Gasteiger partial charge in [0.1, 0.15) is 35.6 Å². The minimum atomic E-state index is -3.81. The minimum absolute atomic E-state index is 0.110. The molecule has 0 aliphatic rings. The molecule has 0 aliphatic heterocycles. The van der Waals surface area contributed by atoms with E-state index in [9.17, 15) is 33.6 Å². The van der Waals surface area contributed by atoms with Gasteiger partial charge in [-0.25, -0.2) is 0 Å². The van der Waals surface area contributed by atoms with Gasteiger partial charge in [0, 0.05) is 0 Å². The molecule has 160 valence electrons. The monoisotopic (exact) mass is 428 g/mol. The zero-order valence-corrected chi connectivity index (χ0v) is 18.3. The van der Waals surface area contributed by atoms with E-state index >= 15 is 0 Å². The third-order valence-corrected chi connectivity index (χ3v) is 5.11. The SMILES string of the molecule is CCC(C(C)=O)C(=O)[O][Al]([O]C(=O)CC(=O)CC(C)=O)[O]C(=O)C(CC)C(C)=O. The maximum atomic E-state index is 12.2. The van der Waals surface area contributed by atoms with Crippen molar-refractivity contribution in [3.05, 3.63) is 0 Å². The van der Waals surface area contributed by atoms with Gasteiger partial charge in [-0.3, -0.25) is 33.6 Å². The number of carbonyl (C=O) groups is 7. The van der Waals surface area contributed by atoms with Crippen molar-refractivity contribution in [1.29, 1.82) is 0 Å². The molecule has 0 saturated heterocycles. The smallest absolute Gasteiger partial charge is 0.550 e. The van der Waals surface area contributed by atoms with Crippen LogP contribution in [0.2, 0.25) is 0 Å². The zero-order chi connectivity index (χ0) is 22.7. The molecule has 0 aromatic carbocycles. The molecule has 0 heterocycles. The summed E-state index contributed by atoms with van der Waals surface area (Å²) in [6.07, 6.45) is -1.05. The molecule has 0 rings (SSSR count). The quantitative estimate of drug-likeness (QED) is 0.304. The van der Waals surface area contributed by atoms with Crippen LogP contribution in [0, 0.1) is 11.8 Å². The highest BCUT2D eigenvalue weighted by Gasteiger charge is 2.51. The lowest BCUT2D eigenvalue weighted by atomic mass is 10.0. The Bertz CT molecular complexity index is 648. The summed E-state index contributed by atoms with van der Waals surface area (Å²) in [5.74, 6) is -7.67. The van der Waals surface area contributed by atoms with Crippen LogP contribution in [-0.4, -0.2) is 56.2 Å². The van der Waals surface area contributed by atoms with Crippen LogP contribution in [0.4, 0.5) is 0 Å². The molecular weight excluding hydrogens is 403 g/mol. The Morgan fingerprint density at radius 1 is 0.690 bits per heavy atom. The van der Waals surface area contributed by atoms with Crippen LogP contribution in [0.5, 0.6) is 0 Å². The predicted octanol–water partition coefficient (Wildman–Crippen LogP) is 0.770. The summed E-state index contributed by atoms with van der Waals surface area (Å²) in [6.45, 7) is 6.64. The summed E-state index contributed by atoms with van der Waals surface area (Å²) in [5, 5.41) is 0. The first-order valence-electron chi connectivity index (χ1n) is 9.05. The highest BCUT2D eigenvalue weighted by Crippen LogP contribution is 2.13. The third-order valence-electron chi connectivity index (χ3n) is 3.81. The molecule has 0 amide bonds. The molecular formula is C18H25AlO10. The minimum Gasteiger partial charge on any atom is -0.550 e. The second kappa shape index (κ2) is 13.0. The fourth-order valence-corrected chi connectivity index (χ4v) is 3.47. The maximum Gasteiger partial charge on any atom is 1.20 e. The molecule has 0 aromatic rings. The van der Waals surface area contributed by atoms with Crippen LogP contribution >= 0.6 is 0 Å². The molecule has 0 radical (unpaired) electrons. The van der Waals surface area contributed by atoms with E-state index in [4.69, 9.17) is 11.4 Å². The second-order valence-electron chi connectivity index (χ2n) is 6.39. The van der Waals surface area contributed by atoms with Crippen molar-refractivity contribution in [2.24, 2.45) is 11.8 Å². The lowest BCUT2D eigenvalue weighted by molar-refractivity contribution is -0.152. The summed E-state index contributed by atoms with van der Waals surface area (Å²) in [6, 6.07) is 0. The van der Waals surface area contributed by atoms with Gasteiger partial charge in [0.05, 0.1) is 6.42 Å². The van der Waals surface area contributed by atoms with E-state index in [2.05, 4.69) is 0 Å². The normalized spacial score (nSPS) is 12.2. The lowest BCUT2D eigenvalue weighted by Gasteiger charge is -2.18. The Balaban J connectivity index is 5.34. The largest absolute Gasteiger partial charge is 1.20 e. The zero-order valence-electron chi connectivity index (χ0n) is 17.1. The van der Waals surface area contributed by atoms with Crippen LogP contribution in [0.3, 0.4) is 0 Å². The molecule has 0 aromatic heterocycles. The van der Waals surface area contributed by atoms with E-state index in [1.165, 1.54) is 20.8 Å². The number of carbonyl (C=O) groups excluding carboxylic acids is 7. The van der Waals surface area contributed by atoms with Crippen LogP contribution in [0.15, 0.2) is 0 Å². The number of ketones is 4. The van der Waals surface area contributed by atoms with Crippen LogP contribution in [0.1, 0.15) is 60.3 Å². The Labute approximate surface area is 173 Å². The van der Waals surface area contributed by atoms with Gasteiger partial charge < -0.3 is 11.4 Å². The van der Waals surface area contributed by atoms with Gasteiger partial charge in [0.15, 0.2) is 5.78 Å². The molecule has 0 bridgehead atoms. The first-order chi connectivity index (χ1) is 13.4. The van der Waals surface area contributed by atoms with E-state index in [0.29, 0.717) is 0 Å². The van der Waals surface area contributed by atoms with Gasteiger partial charge >= 0.3 is 15.1 Å².